The first-order valence-corrected chi connectivity index (χ1v) is 12.6. The molecule has 184 valence electrons. The van der Waals surface area contributed by atoms with Crippen LogP contribution in [-0.4, -0.2) is 47.8 Å². The van der Waals surface area contributed by atoms with Crippen LogP contribution < -0.4 is 5.73 Å². The van der Waals surface area contributed by atoms with Gasteiger partial charge in [0.2, 0.25) is 6.41 Å². The molecule has 2 rings (SSSR count). The van der Waals surface area contributed by atoms with Gasteiger partial charge < -0.3 is 25.5 Å². The molecule has 0 bridgehead atoms. The zero-order chi connectivity index (χ0) is 25.3. The molecule has 1 heterocycles. The SMILES string of the molecule is C/C(=C(CCOP(=O)(O)O)/[SH]=C(O)\C(C)=C\c1ccccc1)N(C=O)Cc1cnc(C)nc1N. The van der Waals surface area contributed by atoms with Gasteiger partial charge in [0, 0.05) is 28.8 Å². The van der Waals surface area contributed by atoms with Crippen LogP contribution in [0.5, 0.6) is 0 Å². The maximum absolute atomic E-state index is 11.9. The van der Waals surface area contributed by atoms with Crippen LogP contribution in [0.4, 0.5) is 5.82 Å². The van der Waals surface area contributed by atoms with Crippen molar-refractivity contribution in [2.24, 2.45) is 0 Å². The van der Waals surface area contributed by atoms with Crippen molar-refractivity contribution in [3.63, 3.8) is 0 Å². The Morgan fingerprint density at radius 3 is 2.53 bits per heavy atom. The number of thiol groups is 1. The van der Waals surface area contributed by atoms with E-state index in [2.05, 4.69) is 14.5 Å². The second-order valence-corrected chi connectivity index (χ2v) is 9.77. The summed E-state index contributed by atoms with van der Waals surface area (Å²) in [4.78, 5) is 40.0. The van der Waals surface area contributed by atoms with Gasteiger partial charge >= 0.3 is 7.82 Å². The number of aliphatic hydroxyl groups is 1. The molecule has 12 heteroatoms. The predicted octanol–water partition coefficient (Wildman–Crippen LogP) is 3.31. The third kappa shape index (κ3) is 8.94. The number of allylic oxidation sites excluding steroid dienone is 1. The summed E-state index contributed by atoms with van der Waals surface area (Å²) in [6.07, 6.45) is 4.01. The Morgan fingerprint density at radius 1 is 1.26 bits per heavy atom. The first-order valence-electron chi connectivity index (χ1n) is 10.2. The van der Waals surface area contributed by atoms with Crippen LogP contribution in [0.15, 0.2) is 52.7 Å². The Bertz CT molecular complexity index is 1150. The third-order valence-corrected chi connectivity index (χ3v) is 6.61. The molecule has 0 atom stereocenters. The standard InChI is InChI=1S/C22H29N4O6PS/c1-15(11-18-7-5-4-6-8-18)22(28)34-20(9-10-32-33(29,30)31)16(2)26(14-27)13-19-12-24-17(3)25-21(19)23/h4-8,11-12,14,28,34H,9-10,13H2,1-3H3,(H2,23,24,25)(H2,29,30,31)/b15-11+,20-16-. The molecule has 0 fully saturated rings. The van der Waals surface area contributed by atoms with E-state index < -0.39 is 7.82 Å². The zero-order valence-electron chi connectivity index (χ0n) is 19.1. The van der Waals surface area contributed by atoms with Crippen molar-refractivity contribution in [3.8, 4) is 0 Å². The quantitative estimate of drug-likeness (QED) is 0.101. The molecule has 0 saturated carbocycles. The first-order chi connectivity index (χ1) is 16.0. The van der Waals surface area contributed by atoms with Crippen LogP contribution in [0.1, 0.15) is 37.2 Å². The topological polar surface area (TPSA) is 159 Å². The highest BCUT2D eigenvalue weighted by atomic mass is 32.1. The number of carbonyl (C=O) groups is 1. The van der Waals surface area contributed by atoms with Crippen LogP contribution in [0, 0.1) is 6.92 Å². The summed E-state index contributed by atoms with van der Waals surface area (Å²) < 4.78 is 15.7. The largest absolute Gasteiger partial charge is 0.469 e. The molecule has 0 radical (unpaired) electrons. The number of phosphoric ester groups is 1. The van der Waals surface area contributed by atoms with E-state index >= 15 is 0 Å². The third-order valence-electron chi connectivity index (χ3n) is 4.71. The van der Waals surface area contributed by atoms with E-state index in [9.17, 15) is 14.5 Å². The molecule has 0 spiro atoms. The van der Waals surface area contributed by atoms with Crippen molar-refractivity contribution < 1.29 is 28.8 Å². The van der Waals surface area contributed by atoms with Gasteiger partial charge in [-0.2, -0.15) is 0 Å². The van der Waals surface area contributed by atoms with Crippen LogP contribution in [0.3, 0.4) is 0 Å². The molecule has 5 N–H and O–H groups in total. The van der Waals surface area contributed by atoms with Crippen molar-refractivity contribution in [2.45, 2.75) is 33.7 Å². The molecule has 34 heavy (non-hydrogen) atoms. The summed E-state index contributed by atoms with van der Waals surface area (Å²) in [5.41, 5.74) is 8.47. The Labute approximate surface area is 202 Å². The Kier molecular flexibility index (Phi) is 10.3. The lowest BCUT2D eigenvalue weighted by Crippen LogP contribution is -2.22. The molecule has 1 amide bonds. The number of carbonyl (C=O) groups excluding carboxylic acids is 1. The number of nitrogen functional groups attached to an aromatic ring is 1. The maximum atomic E-state index is 11.9. The normalized spacial score (nSPS) is 13.7. The number of anilines is 1. The van der Waals surface area contributed by atoms with Crippen LogP contribution >= 0.6 is 19.2 Å². The second-order valence-electron chi connectivity index (χ2n) is 7.34. The highest BCUT2D eigenvalue weighted by Gasteiger charge is 2.17. The van der Waals surface area contributed by atoms with Crippen molar-refractivity contribution in [3.05, 3.63) is 69.7 Å². The molecule has 0 aliphatic rings. The lowest BCUT2D eigenvalue weighted by molar-refractivity contribution is -0.116. The summed E-state index contributed by atoms with van der Waals surface area (Å²) in [6.45, 7) is 4.89. The number of aromatic nitrogens is 2. The fourth-order valence-electron chi connectivity index (χ4n) is 2.88. The maximum Gasteiger partial charge on any atom is 0.469 e. The zero-order valence-corrected chi connectivity index (χ0v) is 20.9. The molecular formula is C22H29N4O6PS. The second kappa shape index (κ2) is 12.7. The van der Waals surface area contributed by atoms with Crippen molar-refractivity contribution in [1.82, 2.24) is 14.9 Å². The van der Waals surface area contributed by atoms with E-state index in [0.717, 1.165) is 5.56 Å². The monoisotopic (exact) mass is 508 g/mol. The average Bonchev–Trinajstić information content (AvgIpc) is 2.77. The minimum atomic E-state index is -4.67. The number of hydrogen-bond donors (Lipinski definition) is 5. The highest BCUT2D eigenvalue weighted by molar-refractivity contribution is 8.02. The first kappa shape index (κ1) is 27.6. The Balaban J connectivity index is 2.40. The Morgan fingerprint density at radius 2 is 1.94 bits per heavy atom. The lowest BCUT2D eigenvalue weighted by atomic mass is 10.1. The molecule has 0 aliphatic heterocycles. The fraction of sp³-hybridized carbons (Fsp3) is 0.273. The van der Waals surface area contributed by atoms with Gasteiger partial charge in [-0.15, -0.1) is 11.4 Å². The minimum Gasteiger partial charge on any atom is -0.383 e. The number of rotatable bonds is 11. The average molecular weight is 509 g/mol. The summed E-state index contributed by atoms with van der Waals surface area (Å²) in [5, 5.41) is 10.8. The van der Waals surface area contributed by atoms with Gasteiger partial charge in [0.05, 0.1) is 18.2 Å². The van der Waals surface area contributed by atoms with Crippen molar-refractivity contribution in [2.75, 3.05) is 12.3 Å². The van der Waals surface area contributed by atoms with Gasteiger partial charge in [0.15, 0.2) is 0 Å². The molecule has 10 nitrogen and oxygen atoms in total. The van der Waals surface area contributed by atoms with Crippen LogP contribution in [-0.2, 0) is 20.4 Å². The van der Waals surface area contributed by atoms with Crippen molar-refractivity contribution in [1.29, 1.82) is 0 Å². The van der Waals surface area contributed by atoms with Crippen LogP contribution in [0.25, 0.3) is 6.08 Å². The summed E-state index contributed by atoms with van der Waals surface area (Å²) >= 11 is 0.361. The van der Waals surface area contributed by atoms with Gasteiger partial charge in [0.1, 0.15) is 11.6 Å². The number of amides is 1. The van der Waals surface area contributed by atoms with E-state index in [1.807, 2.05) is 36.4 Å². The van der Waals surface area contributed by atoms with E-state index in [1.165, 1.54) is 11.1 Å². The molecule has 0 saturated heterocycles. The van der Waals surface area contributed by atoms with E-state index in [-0.39, 0.29) is 30.4 Å². The number of phosphoric acid groups is 1. The molecule has 0 unspecified atom stereocenters. The molecule has 2 aromatic rings. The smallest absolute Gasteiger partial charge is 0.383 e. The van der Waals surface area contributed by atoms with Gasteiger partial charge in [-0.05, 0) is 38.0 Å². The van der Waals surface area contributed by atoms with E-state index in [4.69, 9.17) is 15.5 Å². The van der Waals surface area contributed by atoms with E-state index in [0.29, 0.717) is 45.3 Å². The van der Waals surface area contributed by atoms with Gasteiger partial charge in [-0.1, -0.05) is 30.3 Å². The number of nitrogens with two attached hydrogens (primary N) is 1. The lowest BCUT2D eigenvalue weighted by Gasteiger charge is -2.22. The summed E-state index contributed by atoms with van der Waals surface area (Å²) in [5.74, 6) is 0.743. The number of benzene rings is 1. The molecular weight excluding hydrogens is 479 g/mol. The van der Waals surface area contributed by atoms with Crippen molar-refractivity contribution >= 4 is 42.5 Å². The molecule has 0 aliphatic carbocycles. The number of hydrogen-bond acceptors (Lipinski definition) is 6. The number of nitrogens with zero attached hydrogens (tertiary/aromatic N) is 3. The number of aryl methyl sites for hydroxylation is 1. The number of aliphatic hydroxyl groups excluding tert-OH is 1. The van der Waals surface area contributed by atoms with Gasteiger partial charge in [-0.25, -0.2) is 14.5 Å². The van der Waals surface area contributed by atoms with Gasteiger partial charge in [-0.3, -0.25) is 9.32 Å². The highest BCUT2D eigenvalue weighted by Crippen LogP contribution is 2.36. The van der Waals surface area contributed by atoms with Gasteiger partial charge in [0.25, 0.3) is 0 Å². The van der Waals surface area contributed by atoms with E-state index in [1.54, 1.807) is 20.8 Å². The summed E-state index contributed by atoms with van der Waals surface area (Å²) in [6, 6.07) is 9.44. The predicted molar refractivity (Wildman–Crippen MR) is 135 cm³/mol. The molecule has 1 aromatic heterocycles. The minimum absolute atomic E-state index is 0.0263. The summed E-state index contributed by atoms with van der Waals surface area (Å²) in [7, 11) is -4.67. The Hall–Kier alpha value is -2.66. The van der Waals surface area contributed by atoms with Crippen LogP contribution in [0.2, 0.25) is 0 Å². The fourth-order valence-corrected chi connectivity index (χ4v) is 4.20. The molecule has 1 aromatic carbocycles.